The van der Waals surface area contributed by atoms with E-state index in [-0.39, 0.29) is 16.9 Å². The Morgan fingerprint density at radius 2 is 2.10 bits per heavy atom. The Kier molecular flexibility index (Phi) is 5.91. The fourth-order valence-corrected chi connectivity index (χ4v) is 2.90. The van der Waals surface area contributed by atoms with Crippen molar-refractivity contribution in [2.24, 2.45) is 5.41 Å². The molecular weight excluding hydrogens is 280 g/mol. The molecule has 0 amide bonds. The number of hydrogen-bond acceptors (Lipinski definition) is 5. The Hall–Kier alpha value is -1.18. The van der Waals surface area contributed by atoms with Crippen molar-refractivity contribution in [3.8, 4) is 5.75 Å². The summed E-state index contributed by atoms with van der Waals surface area (Å²) in [5, 5.41) is 8.83. The fraction of sp³-hybridized carbons (Fsp3) is 0.615. The molecule has 114 valence electrons. The number of nitrogens with one attached hydrogen (secondary N) is 1. The third-order valence-electron chi connectivity index (χ3n) is 2.99. The first kappa shape index (κ1) is 16.9. The van der Waals surface area contributed by atoms with Crippen LogP contribution < -0.4 is 9.46 Å². The van der Waals surface area contributed by atoms with Gasteiger partial charge in [0.05, 0.1) is 13.3 Å². The number of aromatic nitrogens is 1. The molecule has 0 bridgehead atoms. The third-order valence-corrected chi connectivity index (χ3v) is 4.35. The van der Waals surface area contributed by atoms with Gasteiger partial charge in [-0.15, -0.1) is 0 Å². The zero-order chi connectivity index (χ0) is 15.2. The number of aliphatic hydroxyl groups is 1. The molecule has 0 atom stereocenters. The highest BCUT2D eigenvalue weighted by Gasteiger charge is 2.22. The molecule has 0 saturated carbocycles. The maximum atomic E-state index is 12.2. The average Bonchev–Trinajstić information content (AvgIpc) is 2.43. The Morgan fingerprint density at radius 3 is 2.70 bits per heavy atom. The molecule has 0 saturated heterocycles. The van der Waals surface area contributed by atoms with Gasteiger partial charge in [0.15, 0.2) is 0 Å². The smallest absolute Gasteiger partial charge is 0.242 e. The van der Waals surface area contributed by atoms with Crippen LogP contribution in [-0.4, -0.2) is 38.8 Å². The maximum absolute atomic E-state index is 12.2. The van der Waals surface area contributed by atoms with Crippen molar-refractivity contribution >= 4 is 10.0 Å². The van der Waals surface area contributed by atoms with Crippen LogP contribution in [0.2, 0.25) is 0 Å². The Balaban J connectivity index is 2.74. The monoisotopic (exact) mass is 302 g/mol. The van der Waals surface area contributed by atoms with Gasteiger partial charge in [-0.05, 0) is 18.3 Å². The molecule has 0 aliphatic heterocycles. The lowest BCUT2D eigenvalue weighted by Gasteiger charge is -2.24. The minimum Gasteiger partial charge on any atom is -0.495 e. The van der Waals surface area contributed by atoms with Gasteiger partial charge in [0.25, 0.3) is 0 Å². The molecule has 1 heterocycles. The summed E-state index contributed by atoms with van der Waals surface area (Å²) in [7, 11) is -2.15. The zero-order valence-electron chi connectivity index (χ0n) is 12.1. The van der Waals surface area contributed by atoms with Gasteiger partial charge in [0.2, 0.25) is 10.0 Å². The van der Waals surface area contributed by atoms with Gasteiger partial charge in [-0.3, -0.25) is 4.98 Å². The molecule has 0 aromatic carbocycles. The summed E-state index contributed by atoms with van der Waals surface area (Å²) in [6.07, 6.45) is 4.12. The normalized spacial score (nSPS) is 12.4. The largest absolute Gasteiger partial charge is 0.495 e. The van der Waals surface area contributed by atoms with Gasteiger partial charge in [-0.2, -0.15) is 0 Å². The molecule has 0 fully saturated rings. The van der Waals surface area contributed by atoms with Crippen LogP contribution in [0, 0.1) is 5.41 Å². The SMILES string of the molecule is COc1cncc(S(=O)(=O)NCC(C)(C)CCCO)c1. The quantitative estimate of drug-likeness (QED) is 0.752. The van der Waals surface area contributed by atoms with Crippen molar-refractivity contribution in [3.05, 3.63) is 18.5 Å². The second-order valence-corrected chi connectivity index (χ2v) is 7.14. The number of ether oxygens (including phenoxy) is 1. The van der Waals surface area contributed by atoms with Crippen LogP contribution in [0.1, 0.15) is 26.7 Å². The maximum Gasteiger partial charge on any atom is 0.242 e. The van der Waals surface area contributed by atoms with E-state index in [1.54, 1.807) is 0 Å². The molecule has 0 unspecified atom stereocenters. The molecule has 0 aliphatic carbocycles. The number of hydrogen-bond donors (Lipinski definition) is 2. The van der Waals surface area contributed by atoms with Crippen molar-refractivity contribution in [3.63, 3.8) is 0 Å². The predicted molar refractivity (Wildman–Crippen MR) is 76.1 cm³/mol. The summed E-state index contributed by atoms with van der Waals surface area (Å²) >= 11 is 0. The summed E-state index contributed by atoms with van der Waals surface area (Å²) in [5.41, 5.74) is -0.220. The molecule has 7 heteroatoms. The van der Waals surface area contributed by atoms with Crippen molar-refractivity contribution in [2.45, 2.75) is 31.6 Å². The Labute approximate surface area is 120 Å². The Bertz CT molecular complexity index is 529. The van der Waals surface area contributed by atoms with Gasteiger partial charge in [0, 0.05) is 25.4 Å². The molecule has 1 rings (SSSR count). The van der Waals surface area contributed by atoms with Gasteiger partial charge >= 0.3 is 0 Å². The minimum absolute atomic E-state index is 0.0785. The number of nitrogens with zero attached hydrogens (tertiary/aromatic N) is 1. The highest BCUT2D eigenvalue weighted by molar-refractivity contribution is 7.89. The summed E-state index contributed by atoms with van der Waals surface area (Å²) in [6, 6.07) is 1.43. The van der Waals surface area contributed by atoms with Crippen LogP contribution in [0.3, 0.4) is 0 Å². The fourth-order valence-electron chi connectivity index (χ4n) is 1.68. The highest BCUT2D eigenvalue weighted by Crippen LogP contribution is 2.22. The first-order chi connectivity index (χ1) is 9.30. The topological polar surface area (TPSA) is 88.5 Å². The number of rotatable bonds is 8. The van der Waals surface area contributed by atoms with Gasteiger partial charge in [-0.1, -0.05) is 13.8 Å². The minimum atomic E-state index is -3.61. The number of aliphatic hydroxyl groups excluding tert-OH is 1. The number of methoxy groups -OCH3 is 1. The molecule has 6 nitrogen and oxygen atoms in total. The van der Waals surface area contributed by atoms with Crippen LogP contribution in [0.4, 0.5) is 0 Å². The zero-order valence-corrected chi connectivity index (χ0v) is 12.9. The lowest BCUT2D eigenvalue weighted by Crippen LogP contribution is -2.34. The van der Waals surface area contributed by atoms with Crippen molar-refractivity contribution < 1.29 is 18.3 Å². The summed E-state index contributed by atoms with van der Waals surface area (Å²) in [4.78, 5) is 3.92. The van der Waals surface area contributed by atoms with E-state index in [1.165, 1.54) is 25.6 Å². The summed E-state index contributed by atoms with van der Waals surface area (Å²) < 4.78 is 31.9. The molecule has 1 aromatic heterocycles. The lowest BCUT2D eigenvalue weighted by atomic mass is 9.88. The van der Waals surface area contributed by atoms with Crippen LogP contribution >= 0.6 is 0 Å². The second kappa shape index (κ2) is 7.01. The first-order valence-corrected chi connectivity index (χ1v) is 7.89. The number of sulfonamides is 1. The van der Waals surface area contributed by atoms with Gasteiger partial charge in [0.1, 0.15) is 10.6 Å². The Morgan fingerprint density at radius 1 is 1.40 bits per heavy atom. The van der Waals surface area contributed by atoms with E-state index in [0.29, 0.717) is 18.7 Å². The van der Waals surface area contributed by atoms with Gasteiger partial charge < -0.3 is 9.84 Å². The van der Waals surface area contributed by atoms with E-state index in [4.69, 9.17) is 9.84 Å². The molecule has 20 heavy (non-hydrogen) atoms. The summed E-state index contributed by atoms with van der Waals surface area (Å²) in [6.45, 7) is 4.31. The molecule has 0 radical (unpaired) electrons. The van der Waals surface area contributed by atoms with E-state index in [0.717, 1.165) is 6.42 Å². The van der Waals surface area contributed by atoms with Crippen LogP contribution in [0.5, 0.6) is 5.75 Å². The van der Waals surface area contributed by atoms with E-state index in [1.807, 2.05) is 13.8 Å². The standard InChI is InChI=1S/C13H22N2O4S/c1-13(2,5-4-6-16)10-15-20(17,18)12-7-11(19-3)8-14-9-12/h7-9,15-16H,4-6,10H2,1-3H3. The van der Waals surface area contributed by atoms with Crippen LogP contribution in [0.25, 0.3) is 0 Å². The predicted octanol–water partition coefficient (Wildman–Crippen LogP) is 1.17. The van der Waals surface area contributed by atoms with E-state index in [9.17, 15) is 8.42 Å². The van der Waals surface area contributed by atoms with Gasteiger partial charge in [-0.25, -0.2) is 13.1 Å². The molecular formula is C13H22N2O4S. The summed E-state index contributed by atoms with van der Waals surface area (Å²) in [5.74, 6) is 0.396. The van der Waals surface area contributed by atoms with E-state index >= 15 is 0 Å². The van der Waals surface area contributed by atoms with E-state index in [2.05, 4.69) is 9.71 Å². The van der Waals surface area contributed by atoms with Crippen molar-refractivity contribution in [1.29, 1.82) is 0 Å². The van der Waals surface area contributed by atoms with Crippen molar-refractivity contribution in [2.75, 3.05) is 20.3 Å². The third kappa shape index (κ3) is 5.07. The molecule has 2 N–H and O–H groups in total. The molecule has 0 spiro atoms. The lowest BCUT2D eigenvalue weighted by molar-refractivity contribution is 0.242. The molecule has 0 aliphatic rings. The van der Waals surface area contributed by atoms with Crippen LogP contribution in [-0.2, 0) is 10.0 Å². The second-order valence-electron chi connectivity index (χ2n) is 5.38. The highest BCUT2D eigenvalue weighted by atomic mass is 32.2. The van der Waals surface area contributed by atoms with Crippen molar-refractivity contribution in [1.82, 2.24) is 9.71 Å². The molecule has 1 aromatic rings. The first-order valence-electron chi connectivity index (χ1n) is 6.40. The van der Waals surface area contributed by atoms with Crippen LogP contribution in [0.15, 0.2) is 23.4 Å². The average molecular weight is 302 g/mol. The number of pyridine rings is 1. The van der Waals surface area contributed by atoms with E-state index < -0.39 is 10.0 Å².